The van der Waals surface area contributed by atoms with Gasteiger partial charge >= 0.3 is 0 Å². The molecule has 0 aliphatic rings. The third-order valence-corrected chi connectivity index (χ3v) is 3.41. The summed E-state index contributed by atoms with van der Waals surface area (Å²) in [4.78, 5) is 15.1. The minimum atomic E-state index is 0.854. The summed E-state index contributed by atoms with van der Waals surface area (Å²) in [7, 11) is 0. The summed E-state index contributed by atoms with van der Waals surface area (Å²) in [5.41, 5.74) is 4.30. The molecule has 0 spiro atoms. The topological polar surface area (TPSA) is 57.4 Å². The highest BCUT2D eigenvalue weighted by Gasteiger charge is 2.09. The van der Waals surface area contributed by atoms with Crippen molar-refractivity contribution in [1.82, 2.24) is 19.9 Å². The van der Waals surface area contributed by atoms with Crippen molar-refractivity contribution in [3.05, 3.63) is 61.2 Å². The van der Waals surface area contributed by atoms with Crippen LogP contribution in [0.25, 0.3) is 33.5 Å². The van der Waals surface area contributed by atoms with Gasteiger partial charge in [-0.3, -0.25) is 4.98 Å². The van der Waals surface area contributed by atoms with Crippen molar-refractivity contribution in [1.29, 1.82) is 0 Å². The Labute approximate surface area is 115 Å². The molecule has 0 amide bonds. The van der Waals surface area contributed by atoms with E-state index in [2.05, 4.69) is 32.1 Å². The molecule has 0 unspecified atom stereocenters. The first-order valence-corrected chi connectivity index (χ1v) is 6.44. The van der Waals surface area contributed by atoms with Crippen LogP contribution in [0.3, 0.4) is 0 Å². The number of aromatic nitrogens is 4. The van der Waals surface area contributed by atoms with Gasteiger partial charge in [0, 0.05) is 40.6 Å². The van der Waals surface area contributed by atoms with Gasteiger partial charge in [0.2, 0.25) is 0 Å². The molecule has 0 radical (unpaired) electrons. The molecule has 0 aliphatic carbocycles. The molecule has 0 aliphatic heterocycles. The van der Waals surface area contributed by atoms with Crippen LogP contribution in [-0.4, -0.2) is 19.9 Å². The molecular weight excluding hydrogens is 248 g/mol. The Bertz CT molecular complexity index is 858. The summed E-state index contributed by atoms with van der Waals surface area (Å²) in [5, 5.41) is 1.19. The maximum atomic E-state index is 4.45. The fourth-order valence-electron chi connectivity index (χ4n) is 2.41. The third kappa shape index (κ3) is 1.70. The Balaban J connectivity index is 1.82. The second-order valence-corrected chi connectivity index (χ2v) is 4.63. The lowest BCUT2D eigenvalue weighted by atomic mass is 10.1. The maximum absolute atomic E-state index is 4.45. The van der Waals surface area contributed by atoms with Gasteiger partial charge in [-0.1, -0.05) is 18.2 Å². The Morgan fingerprint density at radius 3 is 2.70 bits per heavy atom. The van der Waals surface area contributed by atoms with Gasteiger partial charge < -0.3 is 9.97 Å². The molecule has 4 heteroatoms. The van der Waals surface area contributed by atoms with Crippen LogP contribution in [0.15, 0.2) is 61.2 Å². The van der Waals surface area contributed by atoms with Crippen molar-refractivity contribution >= 4 is 10.9 Å². The number of nitrogens with zero attached hydrogens (tertiary/aromatic N) is 2. The summed E-state index contributed by atoms with van der Waals surface area (Å²) in [6.45, 7) is 0. The maximum Gasteiger partial charge on any atom is 0.137 e. The number of fused-ring (bicyclic) bond motifs is 1. The third-order valence-electron chi connectivity index (χ3n) is 3.41. The standard InChI is InChI=1S/C16H12N4/c1-2-4-14-12(3-1)13(9-18-14)15-10-19-16(20-15)11-5-7-17-8-6-11/h1-10,18H,(H,19,20). The molecule has 20 heavy (non-hydrogen) atoms. The van der Waals surface area contributed by atoms with Gasteiger partial charge in [0.15, 0.2) is 0 Å². The Morgan fingerprint density at radius 2 is 1.80 bits per heavy atom. The lowest BCUT2D eigenvalue weighted by molar-refractivity contribution is 1.27. The predicted molar refractivity (Wildman–Crippen MR) is 79.1 cm³/mol. The Morgan fingerprint density at radius 1 is 0.950 bits per heavy atom. The molecule has 0 atom stereocenters. The number of H-pyrrole nitrogens is 2. The molecule has 3 heterocycles. The van der Waals surface area contributed by atoms with E-state index in [1.54, 1.807) is 12.4 Å². The minimum Gasteiger partial charge on any atom is -0.360 e. The number of hydrogen-bond acceptors (Lipinski definition) is 2. The van der Waals surface area contributed by atoms with E-state index in [9.17, 15) is 0 Å². The quantitative estimate of drug-likeness (QED) is 0.578. The fourth-order valence-corrected chi connectivity index (χ4v) is 2.41. The largest absolute Gasteiger partial charge is 0.360 e. The average molecular weight is 260 g/mol. The predicted octanol–water partition coefficient (Wildman–Crippen LogP) is 3.62. The van der Waals surface area contributed by atoms with Crippen LogP contribution in [0.1, 0.15) is 0 Å². The number of para-hydroxylation sites is 1. The van der Waals surface area contributed by atoms with Crippen molar-refractivity contribution in [2.45, 2.75) is 0 Å². The van der Waals surface area contributed by atoms with E-state index in [0.717, 1.165) is 28.2 Å². The molecule has 0 bridgehead atoms. The van der Waals surface area contributed by atoms with Crippen LogP contribution in [0.2, 0.25) is 0 Å². The molecular formula is C16H12N4. The lowest BCUT2D eigenvalue weighted by Gasteiger charge is -1.96. The van der Waals surface area contributed by atoms with Crippen molar-refractivity contribution in [3.63, 3.8) is 0 Å². The van der Waals surface area contributed by atoms with Crippen LogP contribution < -0.4 is 0 Å². The van der Waals surface area contributed by atoms with Crippen LogP contribution in [0.4, 0.5) is 0 Å². The summed E-state index contributed by atoms with van der Waals surface area (Å²) in [6.07, 6.45) is 7.41. The number of rotatable bonds is 2. The fraction of sp³-hybridized carbons (Fsp3) is 0. The number of hydrogen-bond donors (Lipinski definition) is 2. The summed E-state index contributed by atoms with van der Waals surface area (Å²) < 4.78 is 0. The van der Waals surface area contributed by atoms with Gasteiger partial charge in [-0.2, -0.15) is 0 Å². The zero-order valence-electron chi connectivity index (χ0n) is 10.7. The summed E-state index contributed by atoms with van der Waals surface area (Å²) in [6, 6.07) is 12.1. The molecule has 4 rings (SSSR count). The van der Waals surface area contributed by atoms with Gasteiger partial charge in [-0.15, -0.1) is 0 Å². The van der Waals surface area contributed by atoms with Crippen molar-refractivity contribution < 1.29 is 0 Å². The van der Waals surface area contributed by atoms with E-state index >= 15 is 0 Å². The first-order valence-electron chi connectivity index (χ1n) is 6.44. The highest BCUT2D eigenvalue weighted by molar-refractivity contribution is 5.94. The van der Waals surface area contributed by atoms with Gasteiger partial charge in [0.1, 0.15) is 5.82 Å². The average Bonchev–Trinajstić information content (AvgIpc) is 3.14. The number of nitrogens with one attached hydrogen (secondary N) is 2. The number of aromatic amines is 2. The molecule has 4 nitrogen and oxygen atoms in total. The Hall–Kier alpha value is -2.88. The first kappa shape index (κ1) is 11.0. The smallest absolute Gasteiger partial charge is 0.137 e. The number of pyridine rings is 1. The van der Waals surface area contributed by atoms with Crippen LogP contribution >= 0.6 is 0 Å². The monoisotopic (exact) mass is 260 g/mol. The van der Waals surface area contributed by atoms with Crippen molar-refractivity contribution in [2.24, 2.45) is 0 Å². The van der Waals surface area contributed by atoms with Crippen molar-refractivity contribution in [2.75, 3.05) is 0 Å². The highest BCUT2D eigenvalue weighted by Crippen LogP contribution is 2.28. The zero-order valence-corrected chi connectivity index (χ0v) is 10.7. The SMILES string of the molecule is c1ccc2c(-c3cnc(-c4ccncc4)[nH]3)c[nH]c2c1. The van der Waals surface area contributed by atoms with E-state index in [1.165, 1.54) is 5.39 Å². The minimum absolute atomic E-state index is 0.854. The molecule has 1 aromatic carbocycles. The van der Waals surface area contributed by atoms with Crippen LogP contribution in [0, 0.1) is 0 Å². The molecule has 0 fully saturated rings. The van der Waals surface area contributed by atoms with Gasteiger partial charge in [-0.05, 0) is 18.2 Å². The van der Waals surface area contributed by atoms with Gasteiger partial charge in [-0.25, -0.2) is 4.98 Å². The van der Waals surface area contributed by atoms with Gasteiger partial charge in [0.05, 0.1) is 11.9 Å². The highest BCUT2D eigenvalue weighted by atomic mass is 14.9. The number of imidazole rings is 1. The first-order chi connectivity index (χ1) is 9.92. The normalized spacial score (nSPS) is 11.0. The van der Waals surface area contributed by atoms with Gasteiger partial charge in [0.25, 0.3) is 0 Å². The van der Waals surface area contributed by atoms with E-state index < -0.39 is 0 Å². The second kappa shape index (κ2) is 4.35. The summed E-state index contributed by atoms with van der Waals surface area (Å²) in [5.74, 6) is 0.854. The molecule has 0 saturated carbocycles. The second-order valence-electron chi connectivity index (χ2n) is 4.63. The molecule has 4 aromatic rings. The van der Waals surface area contributed by atoms with E-state index in [1.807, 2.05) is 36.7 Å². The van der Waals surface area contributed by atoms with Crippen LogP contribution in [-0.2, 0) is 0 Å². The molecule has 96 valence electrons. The molecule has 2 N–H and O–H groups in total. The Kier molecular flexibility index (Phi) is 2.39. The van der Waals surface area contributed by atoms with E-state index in [4.69, 9.17) is 0 Å². The van der Waals surface area contributed by atoms with E-state index in [-0.39, 0.29) is 0 Å². The van der Waals surface area contributed by atoms with Crippen LogP contribution in [0.5, 0.6) is 0 Å². The van der Waals surface area contributed by atoms with E-state index in [0.29, 0.717) is 0 Å². The van der Waals surface area contributed by atoms with Crippen molar-refractivity contribution in [3.8, 4) is 22.6 Å². The molecule has 0 saturated heterocycles. The lowest BCUT2D eigenvalue weighted by Crippen LogP contribution is -1.81. The zero-order chi connectivity index (χ0) is 13.4. The molecule has 3 aromatic heterocycles. The summed E-state index contributed by atoms with van der Waals surface area (Å²) >= 11 is 0. The number of benzene rings is 1.